The van der Waals surface area contributed by atoms with Crippen LogP contribution >= 0.6 is 0 Å². The van der Waals surface area contributed by atoms with Crippen molar-refractivity contribution in [3.05, 3.63) is 36.1 Å². The van der Waals surface area contributed by atoms with Gasteiger partial charge in [0.15, 0.2) is 5.96 Å². The van der Waals surface area contributed by atoms with Gasteiger partial charge in [0.25, 0.3) is 0 Å². The van der Waals surface area contributed by atoms with Gasteiger partial charge in [0.1, 0.15) is 11.3 Å². The highest BCUT2D eigenvalue weighted by Gasteiger charge is 2.03. The molecule has 0 fully saturated rings. The molecule has 0 saturated heterocycles. The minimum Gasteiger partial charge on any atom is -0.461 e. The first-order valence-corrected chi connectivity index (χ1v) is 7.82. The highest BCUT2D eigenvalue weighted by molar-refractivity contribution is 5.80. The van der Waals surface area contributed by atoms with Crippen LogP contribution in [-0.2, 0) is 11.2 Å². The zero-order chi connectivity index (χ0) is 15.6. The van der Waals surface area contributed by atoms with Gasteiger partial charge in [-0.05, 0) is 25.5 Å². The Morgan fingerprint density at radius 3 is 2.91 bits per heavy atom. The van der Waals surface area contributed by atoms with Crippen molar-refractivity contribution in [2.24, 2.45) is 4.99 Å². The van der Waals surface area contributed by atoms with Crippen molar-refractivity contribution in [3.63, 3.8) is 0 Å². The first kappa shape index (κ1) is 16.4. The Bertz CT molecular complexity index is 559. The summed E-state index contributed by atoms with van der Waals surface area (Å²) in [6.45, 7) is 5.19. The molecule has 5 heteroatoms. The van der Waals surface area contributed by atoms with Gasteiger partial charge in [-0.15, -0.1) is 0 Å². The lowest BCUT2D eigenvalue weighted by atomic mass is 10.2. The van der Waals surface area contributed by atoms with Gasteiger partial charge >= 0.3 is 0 Å². The van der Waals surface area contributed by atoms with Crippen molar-refractivity contribution in [1.82, 2.24) is 10.6 Å². The summed E-state index contributed by atoms with van der Waals surface area (Å²) in [5.74, 6) is 1.83. The van der Waals surface area contributed by atoms with Crippen LogP contribution in [0.1, 0.15) is 19.1 Å². The van der Waals surface area contributed by atoms with Gasteiger partial charge in [0.2, 0.25) is 0 Å². The van der Waals surface area contributed by atoms with Crippen LogP contribution in [0.2, 0.25) is 0 Å². The smallest absolute Gasteiger partial charge is 0.191 e. The number of nitrogens with zero attached hydrogens (tertiary/aromatic N) is 1. The molecule has 0 unspecified atom stereocenters. The molecule has 2 aromatic rings. The van der Waals surface area contributed by atoms with Crippen LogP contribution in [0.4, 0.5) is 0 Å². The third-order valence-corrected chi connectivity index (χ3v) is 3.26. The van der Waals surface area contributed by atoms with E-state index in [0.717, 1.165) is 61.8 Å². The molecule has 120 valence electrons. The van der Waals surface area contributed by atoms with Gasteiger partial charge in [-0.2, -0.15) is 0 Å². The third kappa shape index (κ3) is 5.07. The van der Waals surface area contributed by atoms with Crippen LogP contribution < -0.4 is 10.6 Å². The molecule has 2 N–H and O–H groups in total. The number of hydrogen-bond acceptors (Lipinski definition) is 3. The van der Waals surface area contributed by atoms with Crippen molar-refractivity contribution in [2.45, 2.75) is 19.8 Å². The van der Waals surface area contributed by atoms with Crippen LogP contribution in [-0.4, -0.2) is 39.3 Å². The zero-order valence-electron chi connectivity index (χ0n) is 13.4. The van der Waals surface area contributed by atoms with Crippen molar-refractivity contribution in [3.8, 4) is 0 Å². The molecule has 0 aliphatic heterocycles. The molecule has 0 spiro atoms. The van der Waals surface area contributed by atoms with Crippen molar-refractivity contribution < 1.29 is 9.15 Å². The fraction of sp³-hybridized carbons (Fsp3) is 0.471. The average molecular weight is 303 g/mol. The fourth-order valence-corrected chi connectivity index (χ4v) is 2.21. The zero-order valence-corrected chi connectivity index (χ0v) is 13.4. The molecule has 2 rings (SSSR count). The summed E-state index contributed by atoms with van der Waals surface area (Å²) < 4.78 is 10.8. The molecular formula is C17H25N3O2. The Hall–Kier alpha value is -2.01. The number of guanidine groups is 1. The van der Waals surface area contributed by atoms with Crippen LogP contribution in [0.5, 0.6) is 0 Å². The number of fused-ring (bicyclic) bond motifs is 1. The molecule has 0 saturated carbocycles. The quantitative estimate of drug-likeness (QED) is 0.447. The molecule has 22 heavy (non-hydrogen) atoms. The average Bonchev–Trinajstić information content (AvgIpc) is 2.94. The Morgan fingerprint density at radius 1 is 1.27 bits per heavy atom. The molecule has 1 heterocycles. The first-order chi connectivity index (χ1) is 10.8. The molecular weight excluding hydrogens is 278 g/mol. The SMILES string of the molecule is CCNC(=NCCCOC)NCCc1cc2ccccc2o1. The van der Waals surface area contributed by atoms with E-state index in [-0.39, 0.29) is 0 Å². The number of rotatable bonds is 8. The predicted octanol–water partition coefficient (Wildman–Crippen LogP) is 2.57. The number of furan rings is 1. The molecule has 5 nitrogen and oxygen atoms in total. The Balaban J connectivity index is 1.81. The summed E-state index contributed by atoms with van der Waals surface area (Å²) in [7, 11) is 1.71. The second-order valence-corrected chi connectivity index (χ2v) is 5.03. The monoisotopic (exact) mass is 303 g/mol. The number of benzene rings is 1. The summed E-state index contributed by atoms with van der Waals surface area (Å²) in [6, 6.07) is 10.2. The van der Waals surface area contributed by atoms with E-state index in [4.69, 9.17) is 9.15 Å². The molecule has 0 aliphatic rings. The maximum absolute atomic E-state index is 5.81. The van der Waals surface area contributed by atoms with Gasteiger partial charge < -0.3 is 19.8 Å². The maximum atomic E-state index is 5.81. The number of nitrogens with one attached hydrogen (secondary N) is 2. The summed E-state index contributed by atoms with van der Waals surface area (Å²) in [4.78, 5) is 4.51. The van der Waals surface area contributed by atoms with E-state index in [0.29, 0.717) is 0 Å². The topological polar surface area (TPSA) is 58.8 Å². The van der Waals surface area contributed by atoms with E-state index in [1.54, 1.807) is 7.11 Å². The van der Waals surface area contributed by atoms with Gasteiger partial charge in [0, 0.05) is 45.2 Å². The van der Waals surface area contributed by atoms with Crippen LogP contribution in [0.25, 0.3) is 11.0 Å². The lowest BCUT2D eigenvalue weighted by molar-refractivity contribution is 0.197. The van der Waals surface area contributed by atoms with Gasteiger partial charge in [-0.25, -0.2) is 0 Å². The summed E-state index contributed by atoms with van der Waals surface area (Å²) >= 11 is 0. The van der Waals surface area contributed by atoms with E-state index in [2.05, 4.69) is 34.7 Å². The van der Waals surface area contributed by atoms with Gasteiger partial charge in [-0.3, -0.25) is 4.99 Å². The highest BCUT2D eigenvalue weighted by Crippen LogP contribution is 2.18. The lowest BCUT2D eigenvalue weighted by Gasteiger charge is -2.10. The van der Waals surface area contributed by atoms with E-state index >= 15 is 0 Å². The second kappa shape index (κ2) is 9.10. The largest absolute Gasteiger partial charge is 0.461 e. The molecule has 0 atom stereocenters. The second-order valence-electron chi connectivity index (χ2n) is 5.03. The summed E-state index contributed by atoms with van der Waals surface area (Å²) in [6.07, 6.45) is 1.76. The minimum absolute atomic E-state index is 0.738. The van der Waals surface area contributed by atoms with E-state index < -0.39 is 0 Å². The Morgan fingerprint density at radius 2 is 2.14 bits per heavy atom. The highest BCUT2D eigenvalue weighted by atomic mass is 16.5. The lowest BCUT2D eigenvalue weighted by Crippen LogP contribution is -2.38. The molecule has 0 radical (unpaired) electrons. The van der Waals surface area contributed by atoms with Gasteiger partial charge in [-0.1, -0.05) is 18.2 Å². The fourth-order valence-electron chi connectivity index (χ4n) is 2.21. The summed E-state index contributed by atoms with van der Waals surface area (Å²) in [5.41, 5.74) is 0.942. The predicted molar refractivity (Wildman–Crippen MR) is 90.4 cm³/mol. The minimum atomic E-state index is 0.738. The van der Waals surface area contributed by atoms with Crippen LogP contribution in [0.15, 0.2) is 39.7 Å². The first-order valence-electron chi connectivity index (χ1n) is 7.82. The Labute approximate surface area is 131 Å². The summed E-state index contributed by atoms with van der Waals surface area (Å²) in [5, 5.41) is 7.72. The number of hydrogen-bond donors (Lipinski definition) is 2. The molecule has 0 bridgehead atoms. The number of para-hydroxylation sites is 1. The van der Waals surface area contributed by atoms with Crippen molar-refractivity contribution >= 4 is 16.9 Å². The Kier molecular flexibility index (Phi) is 6.77. The number of ether oxygens (including phenoxy) is 1. The number of methoxy groups -OCH3 is 1. The standard InChI is InChI=1S/C17H25N3O2/c1-3-18-17(19-10-6-12-21-2)20-11-9-15-13-14-7-4-5-8-16(14)22-15/h4-5,7-8,13H,3,6,9-12H2,1-2H3,(H2,18,19,20). The van der Waals surface area contributed by atoms with E-state index in [1.807, 2.05) is 18.2 Å². The third-order valence-electron chi connectivity index (χ3n) is 3.26. The molecule has 1 aromatic carbocycles. The van der Waals surface area contributed by atoms with Crippen molar-refractivity contribution in [2.75, 3.05) is 33.4 Å². The van der Waals surface area contributed by atoms with Crippen molar-refractivity contribution in [1.29, 1.82) is 0 Å². The maximum Gasteiger partial charge on any atom is 0.191 e. The van der Waals surface area contributed by atoms with Gasteiger partial charge in [0.05, 0.1) is 0 Å². The number of aliphatic imine (C=N–C) groups is 1. The van der Waals surface area contributed by atoms with Crippen LogP contribution in [0, 0.1) is 0 Å². The molecule has 1 aromatic heterocycles. The van der Waals surface area contributed by atoms with Crippen LogP contribution in [0.3, 0.4) is 0 Å². The normalized spacial score (nSPS) is 11.8. The molecule has 0 aliphatic carbocycles. The van der Waals surface area contributed by atoms with E-state index in [9.17, 15) is 0 Å². The van der Waals surface area contributed by atoms with E-state index in [1.165, 1.54) is 0 Å². The molecule has 0 amide bonds.